The standard InChI is InChI=1S/C14H14N4O3/c19-13(11-2-1-3-12(8-11)18(20)21)9-16-6-7-17-5-4-15-14(17)10-16/h1-5,8H,6-7,9-10H2. The molecule has 2 heterocycles. The molecule has 0 N–H and O–H groups in total. The third kappa shape index (κ3) is 2.82. The Bertz CT molecular complexity index is 695. The minimum atomic E-state index is -0.492. The first-order valence-corrected chi connectivity index (χ1v) is 6.63. The Morgan fingerprint density at radius 2 is 2.24 bits per heavy atom. The number of benzene rings is 1. The van der Waals surface area contributed by atoms with Gasteiger partial charge in [0.15, 0.2) is 5.78 Å². The van der Waals surface area contributed by atoms with E-state index in [2.05, 4.69) is 9.55 Å². The van der Waals surface area contributed by atoms with E-state index in [0.29, 0.717) is 12.1 Å². The lowest BCUT2D eigenvalue weighted by atomic mass is 10.1. The van der Waals surface area contributed by atoms with Crippen LogP contribution in [0.5, 0.6) is 0 Å². The maximum absolute atomic E-state index is 12.2. The highest BCUT2D eigenvalue weighted by Crippen LogP contribution is 2.15. The lowest BCUT2D eigenvalue weighted by Gasteiger charge is -2.26. The molecule has 0 atom stereocenters. The van der Waals surface area contributed by atoms with Crippen LogP contribution in [-0.4, -0.2) is 38.2 Å². The monoisotopic (exact) mass is 286 g/mol. The summed E-state index contributed by atoms with van der Waals surface area (Å²) in [5.74, 6) is 0.826. The fourth-order valence-electron chi connectivity index (χ4n) is 2.45. The van der Waals surface area contributed by atoms with Crippen LogP contribution in [0, 0.1) is 10.1 Å². The zero-order valence-corrected chi connectivity index (χ0v) is 11.3. The van der Waals surface area contributed by atoms with E-state index in [0.717, 1.165) is 18.9 Å². The fraction of sp³-hybridized carbons (Fsp3) is 0.286. The van der Waals surface area contributed by atoms with Crippen LogP contribution < -0.4 is 0 Å². The van der Waals surface area contributed by atoms with Crippen LogP contribution in [0.3, 0.4) is 0 Å². The molecule has 3 rings (SSSR count). The lowest BCUT2D eigenvalue weighted by Crippen LogP contribution is -2.37. The molecule has 0 saturated carbocycles. The van der Waals surface area contributed by atoms with Gasteiger partial charge >= 0.3 is 0 Å². The number of hydrogen-bond donors (Lipinski definition) is 0. The number of nitro benzene ring substituents is 1. The van der Waals surface area contributed by atoms with Crippen molar-refractivity contribution in [1.29, 1.82) is 0 Å². The summed E-state index contributed by atoms with van der Waals surface area (Å²) in [6, 6.07) is 5.86. The maximum atomic E-state index is 12.2. The van der Waals surface area contributed by atoms with E-state index < -0.39 is 4.92 Å². The van der Waals surface area contributed by atoms with Gasteiger partial charge in [-0.05, 0) is 0 Å². The predicted molar refractivity (Wildman–Crippen MR) is 74.9 cm³/mol. The molecule has 0 spiro atoms. The number of fused-ring (bicyclic) bond motifs is 1. The first-order valence-electron chi connectivity index (χ1n) is 6.63. The van der Waals surface area contributed by atoms with Gasteiger partial charge < -0.3 is 4.57 Å². The van der Waals surface area contributed by atoms with Crippen molar-refractivity contribution in [3.63, 3.8) is 0 Å². The van der Waals surface area contributed by atoms with Gasteiger partial charge in [0.05, 0.1) is 18.0 Å². The number of nitro groups is 1. The Labute approximate surface area is 121 Å². The van der Waals surface area contributed by atoms with Gasteiger partial charge in [0.25, 0.3) is 5.69 Å². The van der Waals surface area contributed by atoms with Gasteiger partial charge in [0.1, 0.15) is 5.82 Å². The largest absolute Gasteiger partial charge is 0.333 e. The minimum Gasteiger partial charge on any atom is -0.333 e. The predicted octanol–water partition coefficient (Wildman–Crippen LogP) is 1.49. The number of ketones is 1. The zero-order chi connectivity index (χ0) is 14.8. The quantitative estimate of drug-likeness (QED) is 0.483. The SMILES string of the molecule is O=C(CN1CCn2ccnc2C1)c1cccc([N+](=O)[O-])c1. The second-order valence-corrected chi connectivity index (χ2v) is 4.98. The molecule has 21 heavy (non-hydrogen) atoms. The van der Waals surface area contributed by atoms with Crippen LogP contribution in [0.4, 0.5) is 5.69 Å². The highest BCUT2D eigenvalue weighted by molar-refractivity contribution is 5.98. The number of Topliss-reactive ketones (excluding diaryl/α,β-unsaturated/α-hetero) is 1. The number of imidazole rings is 1. The van der Waals surface area contributed by atoms with Crippen LogP contribution in [0.25, 0.3) is 0 Å². The molecule has 2 aromatic rings. The second kappa shape index (κ2) is 5.45. The van der Waals surface area contributed by atoms with Crippen molar-refractivity contribution < 1.29 is 9.72 Å². The number of nitrogens with zero attached hydrogens (tertiary/aromatic N) is 4. The van der Waals surface area contributed by atoms with Gasteiger partial charge in [-0.2, -0.15) is 0 Å². The van der Waals surface area contributed by atoms with Crippen LogP contribution in [0.2, 0.25) is 0 Å². The summed E-state index contributed by atoms with van der Waals surface area (Å²) >= 11 is 0. The molecule has 0 aliphatic carbocycles. The number of rotatable bonds is 4. The van der Waals surface area contributed by atoms with Gasteiger partial charge in [0.2, 0.25) is 0 Å². The van der Waals surface area contributed by atoms with Gasteiger partial charge in [0, 0.05) is 43.2 Å². The smallest absolute Gasteiger partial charge is 0.270 e. The van der Waals surface area contributed by atoms with Crippen molar-refractivity contribution in [2.45, 2.75) is 13.1 Å². The van der Waals surface area contributed by atoms with Crippen LogP contribution in [0.15, 0.2) is 36.7 Å². The summed E-state index contributed by atoms with van der Waals surface area (Å²) < 4.78 is 2.06. The fourth-order valence-corrected chi connectivity index (χ4v) is 2.45. The first kappa shape index (κ1) is 13.4. The number of non-ortho nitro benzene ring substituents is 1. The molecule has 7 nitrogen and oxygen atoms in total. The maximum Gasteiger partial charge on any atom is 0.270 e. The molecule has 1 aliphatic heterocycles. The van der Waals surface area contributed by atoms with Gasteiger partial charge in [-0.15, -0.1) is 0 Å². The summed E-state index contributed by atoms with van der Waals surface area (Å²) in [5.41, 5.74) is 0.313. The summed E-state index contributed by atoms with van der Waals surface area (Å²) in [7, 11) is 0. The number of carbonyl (C=O) groups excluding carboxylic acids is 1. The number of aromatic nitrogens is 2. The average Bonchev–Trinajstić information content (AvgIpc) is 2.95. The number of hydrogen-bond acceptors (Lipinski definition) is 5. The Balaban J connectivity index is 1.70. The highest BCUT2D eigenvalue weighted by Gasteiger charge is 2.20. The molecule has 0 bridgehead atoms. The van der Waals surface area contributed by atoms with E-state index in [9.17, 15) is 14.9 Å². The van der Waals surface area contributed by atoms with Crippen LogP contribution in [-0.2, 0) is 13.1 Å². The molecular weight excluding hydrogens is 272 g/mol. The van der Waals surface area contributed by atoms with E-state index in [-0.39, 0.29) is 18.0 Å². The van der Waals surface area contributed by atoms with E-state index >= 15 is 0 Å². The molecule has 1 aromatic carbocycles. The Morgan fingerprint density at radius 3 is 3.05 bits per heavy atom. The lowest BCUT2D eigenvalue weighted by molar-refractivity contribution is -0.384. The van der Waals surface area contributed by atoms with E-state index in [1.807, 2.05) is 11.1 Å². The van der Waals surface area contributed by atoms with Crippen LogP contribution in [0.1, 0.15) is 16.2 Å². The molecular formula is C14H14N4O3. The van der Waals surface area contributed by atoms with E-state index in [1.54, 1.807) is 12.3 Å². The summed E-state index contributed by atoms with van der Waals surface area (Å²) in [4.78, 5) is 28.7. The normalized spacial score (nSPS) is 14.7. The van der Waals surface area contributed by atoms with Crippen molar-refractivity contribution in [2.75, 3.05) is 13.1 Å². The van der Waals surface area contributed by atoms with Crippen molar-refractivity contribution in [3.05, 3.63) is 58.2 Å². The van der Waals surface area contributed by atoms with Gasteiger partial charge in [-0.1, -0.05) is 12.1 Å². The first-order chi connectivity index (χ1) is 10.1. The Kier molecular flexibility index (Phi) is 3.49. The Morgan fingerprint density at radius 1 is 1.38 bits per heavy atom. The van der Waals surface area contributed by atoms with E-state index in [4.69, 9.17) is 0 Å². The van der Waals surface area contributed by atoms with Crippen molar-refractivity contribution in [3.8, 4) is 0 Å². The third-order valence-electron chi connectivity index (χ3n) is 3.57. The summed E-state index contributed by atoms with van der Waals surface area (Å²) in [6.07, 6.45) is 3.68. The molecule has 0 amide bonds. The summed E-state index contributed by atoms with van der Waals surface area (Å²) in [5, 5.41) is 10.7. The molecule has 0 unspecified atom stereocenters. The van der Waals surface area contributed by atoms with Crippen molar-refractivity contribution in [2.24, 2.45) is 0 Å². The third-order valence-corrected chi connectivity index (χ3v) is 3.57. The van der Waals surface area contributed by atoms with E-state index in [1.165, 1.54) is 18.2 Å². The summed E-state index contributed by atoms with van der Waals surface area (Å²) in [6.45, 7) is 2.43. The highest BCUT2D eigenvalue weighted by atomic mass is 16.6. The van der Waals surface area contributed by atoms with Gasteiger partial charge in [-0.25, -0.2) is 4.98 Å². The molecule has 0 saturated heterocycles. The molecule has 1 aromatic heterocycles. The topological polar surface area (TPSA) is 81.3 Å². The molecule has 7 heteroatoms. The second-order valence-electron chi connectivity index (χ2n) is 4.98. The van der Waals surface area contributed by atoms with Crippen molar-refractivity contribution >= 4 is 11.5 Å². The Hall–Kier alpha value is -2.54. The van der Waals surface area contributed by atoms with Crippen LogP contribution >= 0.6 is 0 Å². The number of carbonyl (C=O) groups is 1. The molecule has 0 radical (unpaired) electrons. The van der Waals surface area contributed by atoms with Crippen molar-refractivity contribution in [1.82, 2.24) is 14.5 Å². The van der Waals surface area contributed by atoms with Gasteiger partial charge in [-0.3, -0.25) is 19.8 Å². The minimum absolute atomic E-state index is 0.0602. The zero-order valence-electron chi connectivity index (χ0n) is 11.3. The molecule has 0 fully saturated rings. The molecule has 1 aliphatic rings. The average molecular weight is 286 g/mol. The molecule has 108 valence electrons.